The van der Waals surface area contributed by atoms with Gasteiger partial charge in [-0.15, -0.1) is 24.0 Å². The van der Waals surface area contributed by atoms with Gasteiger partial charge in [0.15, 0.2) is 5.96 Å². The van der Waals surface area contributed by atoms with E-state index in [4.69, 9.17) is 9.47 Å². The van der Waals surface area contributed by atoms with Crippen LogP contribution in [0.3, 0.4) is 0 Å². The molecule has 0 bridgehead atoms. The molecule has 1 saturated heterocycles. The van der Waals surface area contributed by atoms with Crippen LogP contribution in [0.15, 0.2) is 29.3 Å². The lowest BCUT2D eigenvalue weighted by molar-refractivity contribution is 0.0168. The Hall–Kier alpha value is -0.860. The molecule has 2 N–H and O–H groups in total. The minimum Gasteiger partial charge on any atom is -0.379 e. The van der Waals surface area contributed by atoms with Crippen molar-refractivity contribution in [2.24, 2.45) is 4.99 Å². The molecule has 0 aliphatic carbocycles. The molecule has 2 rings (SSSR count). The predicted octanol–water partition coefficient (Wildman–Crippen LogP) is 3.25. The first kappa shape index (κ1) is 22.2. The van der Waals surface area contributed by atoms with Crippen LogP contribution in [-0.4, -0.2) is 45.0 Å². The van der Waals surface area contributed by atoms with Gasteiger partial charge < -0.3 is 20.1 Å². The number of nitrogens with zero attached hydrogens (tertiary/aromatic N) is 1. The Morgan fingerprint density at radius 3 is 2.88 bits per heavy atom. The molecule has 1 aliphatic heterocycles. The van der Waals surface area contributed by atoms with E-state index in [1.165, 1.54) is 17.5 Å². The van der Waals surface area contributed by atoms with Gasteiger partial charge in [-0.25, -0.2) is 4.99 Å². The minimum atomic E-state index is 0. The van der Waals surface area contributed by atoms with Gasteiger partial charge >= 0.3 is 0 Å². The number of ether oxygens (including phenoxy) is 2. The molecule has 25 heavy (non-hydrogen) atoms. The second kappa shape index (κ2) is 13.4. The van der Waals surface area contributed by atoms with Crippen LogP contribution < -0.4 is 10.6 Å². The van der Waals surface area contributed by atoms with E-state index in [2.05, 4.69) is 53.7 Å². The third kappa shape index (κ3) is 8.87. The molecule has 0 saturated carbocycles. The fraction of sp³-hybridized carbons (Fsp3) is 0.632. The van der Waals surface area contributed by atoms with Crippen LogP contribution in [0.2, 0.25) is 0 Å². The summed E-state index contributed by atoms with van der Waals surface area (Å²) in [6, 6.07) is 8.37. The van der Waals surface area contributed by atoms with Gasteiger partial charge in [0.2, 0.25) is 0 Å². The molecular weight excluding hydrogens is 429 g/mol. The van der Waals surface area contributed by atoms with Gasteiger partial charge in [-0.3, -0.25) is 0 Å². The van der Waals surface area contributed by atoms with E-state index < -0.39 is 0 Å². The summed E-state index contributed by atoms with van der Waals surface area (Å²) >= 11 is 0. The lowest BCUT2D eigenvalue weighted by Crippen LogP contribution is -2.38. The average molecular weight is 461 g/mol. The minimum absolute atomic E-state index is 0. The standard InChI is InChI=1S/C19H31N3O2.HI/c1-3-20-19(22-14-17-9-5-4-8-16(17)2)21-11-7-12-23-15-18-10-6-13-24-18;/h4-5,8-9,18H,3,6-7,10-15H2,1-2H3,(H2,20,21,22);1H. The van der Waals surface area contributed by atoms with E-state index in [0.29, 0.717) is 12.6 Å². The SMILES string of the molecule is CCNC(=NCc1ccccc1C)NCCCOCC1CCCO1.I. The van der Waals surface area contributed by atoms with Crippen LogP contribution in [0.4, 0.5) is 0 Å². The lowest BCUT2D eigenvalue weighted by atomic mass is 10.1. The highest BCUT2D eigenvalue weighted by atomic mass is 127. The van der Waals surface area contributed by atoms with E-state index in [1.807, 2.05) is 0 Å². The van der Waals surface area contributed by atoms with Crippen molar-refractivity contribution in [3.8, 4) is 0 Å². The molecule has 1 fully saturated rings. The van der Waals surface area contributed by atoms with Gasteiger partial charge in [-0.2, -0.15) is 0 Å². The summed E-state index contributed by atoms with van der Waals surface area (Å²) in [7, 11) is 0. The first-order chi connectivity index (χ1) is 11.8. The summed E-state index contributed by atoms with van der Waals surface area (Å²) in [6.45, 7) is 8.97. The zero-order valence-electron chi connectivity index (χ0n) is 15.4. The number of rotatable bonds is 9. The predicted molar refractivity (Wildman–Crippen MR) is 114 cm³/mol. The van der Waals surface area contributed by atoms with Crippen molar-refractivity contribution in [2.45, 2.75) is 45.8 Å². The zero-order chi connectivity index (χ0) is 17.0. The highest BCUT2D eigenvalue weighted by Crippen LogP contribution is 2.11. The van der Waals surface area contributed by atoms with Gasteiger partial charge in [0.1, 0.15) is 0 Å². The summed E-state index contributed by atoms with van der Waals surface area (Å²) in [5, 5.41) is 6.65. The normalized spacial score (nSPS) is 17.2. The zero-order valence-corrected chi connectivity index (χ0v) is 17.8. The van der Waals surface area contributed by atoms with Crippen molar-refractivity contribution in [3.63, 3.8) is 0 Å². The molecule has 5 nitrogen and oxygen atoms in total. The van der Waals surface area contributed by atoms with Gasteiger partial charge in [0, 0.05) is 26.3 Å². The molecule has 1 unspecified atom stereocenters. The molecule has 142 valence electrons. The van der Waals surface area contributed by atoms with Crippen LogP contribution in [0.5, 0.6) is 0 Å². The average Bonchev–Trinajstić information content (AvgIpc) is 3.10. The third-order valence-electron chi connectivity index (χ3n) is 4.10. The molecule has 1 aliphatic rings. The Balaban J connectivity index is 0.00000312. The van der Waals surface area contributed by atoms with Crippen molar-refractivity contribution in [1.82, 2.24) is 10.6 Å². The summed E-state index contributed by atoms with van der Waals surface area (Å²) < 4.78 is 11.2. The number of guanidine groups is 1. The van der Waals surface area contributed by atoms with Crippen LogP contribution in [0.25, 0.3) is 0 Å². The van der Waals surface area contributed by atoms with E-state index in [9.17, 15) is 0 Å². The number of halogens is 1. The van der Waals surface area contributed by atoms with Gasteiger partial charge in [0.05, 0.1) is 19.3 Å². The molecule has 0 aromatic heterocycles. The Labute approximate surface area is 169 Å². The topological polar surface area (TPSA) is 54.9 Å². The summed E-state index contributed by atoms with van der Waals surface area (Å²) in [5.74, 6) is 0.861. The largest absolute Gasteiger partial charge is 0.379 e. The number of aliphatic imine (C=N–C) groups is 1. The number of aryl methyl sites for hydroxylation is 1. The maximum atomic E-state index is 5.68. The van der Waals surface area contributed by atoms with Crippen LogP contribution in [-0.2, 0) is 16.0 Å². The Morgan fingerprint density at radius 1 is 1.32 bits per heavy atom. The first-order valence-electron chi connectivity index (χ1n) is 9.05. The van der Waals surface area contributed by atoms with Crippen LogP contribution >= 0.6 is 24.0 Å². The van der Waals surface area contributed by atoms with Crippen molar-refractivity contribution < 1.29 is 9.47 Å². The fourth-order valence-corrected chi connectivity index (χ4v) is 2.67. The van der Waals surface area contributed by atoms with Gasteiger partial charge in [-0.05, 0) is 44.2 Å². The molecule has 0 amide bonds. The monoisotopic (exact) mass is 461 g/mol. The fourth-order valence-electron chi connectivity index (χ4n) is 2.67. The van der Waals surface area contributed by atoms with Gasteiger partial charge in [0.25, 0.3) is 0 Å². The Kier molecular flexibility index (Phi) is 11.9. The van der Waals surface area contributed by atoms with Crippen molar-refractivity contribution in [1.29, 1.82) is 0 Å². The molecule has 1 aromatic rings. The van der Waals surface area contributed by atoms with E-state index >= 15 is 0 Å². The van der Waals surface area contributed by atoms with Crippen LogP contribution in [0, 0.1) is 6.92 Å². The number of hydrogen-bond acceptors (Lipinski definition) is 3. The lowest BCUT2D eigenvalue weighted by Gasteiger charge is -2.13. The van der Waals surface area contributed by atoms with E-state index in [-0.39, 0.29) is 24.0 Å². The highest BCUT2D eigenvalue weighted by molar-refractivity contribution is 14.0. The second-order valence-electron chi connectivity index (χ2n) is 6.11. The maximum absolute atomic E-state index is 5.68. The molecule has 0 spiro atoms. The maximum Gasteiger partial charge on any atom is 0.191 e. The quantitative estimate of drug-likeness (QED) is 0.257. The summed E-state index contributed by atoms with van der Waals surface area (Å²) in [6.07, 6.45) is 3.57. The molecule has 1 aromatic carbocycles. The van der Waals surface area contributed by atoms with Crippen LogP contribution in [0.1, 0.15) is 37.3 Å². The summed E-state index contributed by atoms with van der Waals surface area (Å²) in [4.78, 5) is 4.66. The number of benzene rings is 1. The molecule has 1 atom stereocenters. The Bertz CT molecular complexity index is 505. The third-order valence-corrected chi connectivity index (χ3v) is 4.10. The summed E-state index contributed by atoms with van der Waals surface area (Å²) in [5.41, 5.74) is 2.54. The highest BCUT2D eigenvalue weighted by Gasteiger charge is 2.14. The second-order valence-corrected chi connectivity index (χ2v) is 6.11. The molecule has 0 radical (unpaired) electrons. The molecule has 6 heteroatoms. The molecular formula is C19H32IN3O2. The Morgan fingerprint density at radius 2 is 2.16 bits per heavy atom. The molecule has 1 heterocycles. The van der Waals surface area contributed by atoms with Gasteiger partial charge in [-0.1, -0.05) is 24.3 Å². The number of nitrogens with one attached hydrogen (secondary N) is 2. The smallest absolute Gasteiger partial charge is 0.191 e. The first-order valence-corrected chi connectivity index (χ1v) is 9.05. The van der Waals surface area contributed by atoms with E-state index in [0.717, 1.165) is 51.7 Å². The number of hydrogen-bond donors (Lipinski definition) is 2. The van der Waals surface area contributed by atoms with Crippen molar-refractivity contribution in [2.75, 3.05) is 32.9 Å². The van der Waals surface area contributed by atoms with Crippen molar-refractivity contribution in [3.05, 3.63) is 35.4 Å². The van der Waals surface area contributed by atoms with E-state index in [1.54, 1.807) is 0 Å². The van der Waals surface area contributed by atoms with Crippen molar-refractivity contribution >= 4 is 29.9 Å².